The van der Waals surface area contributed by atoms with Crippen molar-refractivity contribution in [3.63, 3.8) is 0 Å². The highest BCUT2D eigenvalue weighted by atomic mass is 16.4. The number of hydrogen-bond acceptors (Lipinski definition) is 5. The number of fused-ring (bicyclic) bond motifs is 1. The lowest BCUT2D eigenvalue weighted by molar-refractivity contribution is -0.131. The zero-order valence-electron chi connectivity index (χ0n) is 25.6. The predicted octanol–water partition coefficient (Wildman–Crippen LogP) is 6.42. The number of aliphatic carboxylic acids is 1. The minimum Gasteiger partial charge on any atom is -0.478 e. The minimum absolute atomic E-state index is 0.354. The number of carbonyl (C=O) groups is 3. The van der Waals surface area contributed by atoms with E-state index in [0.717, 1.165) is 46.6 Å². The second kappa shape index (κ2) is 12.4. The van der Waals surface area contributed by atoms with Crippen LogP contribution in [0, 0.1) is 6.92 Å². The molecule has 0 bridgehead atoms. The normalized spacial score (nSPS) is 14.2. The van der Waals surface area contributed by atoms with Gasteiger partial charge in [0.1, 0.15) is 11.4 Å². The molecule has 5 N–H and O–H groups in total. The third-order valence-corrected chi connectivity index (χ3v) is 8.49. The van der Waals surface area contributed by atoms with Gasteiger partial charge in [-0.05, 0) is 92.6 Å². The summed E-state index contributed by atoms with van der Waals surface area (Å²) >= 11 is 0. The Balaban J connectivity index is 1.41. The molecule has 44 heavy (non-hydrogen) atoms. The summed E-state index contributed by atoms with van der Waals surface area (Å²) in [7, 11) is 2.03. The van der Waals surface area contributed by atoms with Crippen LogP contribution in [0.3, 0.4) is 0 Å². The molecule has 9 heteroatoms. The largest absolute Gasteiger partial charge is 0.478 e. The van der Waals surface area contributed by atoms with Gasteiger partial charge in [-0.3, -0.25) is 9.59 Å². The predicted molar refractivity (Wildman–Crippen MR) is 174 cm³/mol. The Morgan fingerprint density at radius 1 is 1.05 bits per heavy atom. The highest BCUT2D eigenvalue weighted by molar-refractivity contribution is 6.05. The number of benzene rings is 2. The minimum atomic E-state index is -1.21. The van der Waals surface area contributed by atoms with E-state index in [1.54, 1.807) is 38.1 Å². The van der Waals surface area contributed by atoms with Gasteiger partial charge in [0.15, 0.2) is 0 Å². The van der Waals surface area contributed by atoms with E-state index in [1.165, 1.54) is 30.9 Å². The molecule has 9 nitrogen and oxygen atoms in total. The molecule has 2 aromatic carbocycles. The van der Waals surface area contributed by atoms with Gasteiger partial charge in [-0.2, -0.15) is 0 Å². The van der Waals surface area contributed by atoms with Gasteiger partial charge in [0.2, 0.25) is 5.91 Å². The van der Waals surface area contributed by atoms with E-state index in [0.29, 0.717) is 28.6 Å². The number of nitrogens with one attached hydrogen (secondary N) is 2. The van der Waals surface area contributed by atoms with Crippen molar-refractivity contribution in [3.8, 4) is 11.3 Å². The van der Waals surface area contributed by atoms with E-state index in [1.807, 2.05) is 38.4 Å². The van der Waals surface area contributed by atoms with Crippen molar-refractivity contribution < 1.29 is 19.5 Å². The number of anilines is 2. The molecule has 0 atom stereocenters. The van der Waals surface area contributed by atoms with Crippen LogP contribution in [0.4, 0.5) is 11.5 Å². The Hall–Kier alpha value is -4.92. The second-order valence-electron chi connectivity index (χ2n) is 12.1. The number of carboxylic acid groups (broad SMARTS) is 1. The quantitative estimate of drug-likeness (QED) is 0.174. The van der Waals surface area contributed by atoms with E-state index in [4.69, 9.17) is 10.8 Å². The van der Waals surface area contributed by atoms with Crippen LogP contribution in [0.5, 0.6) is 0 Å². The first-order valence-electron chi connectivity index (χ1n) is 14.9. The number of aryl methyl sites for hydroxylation is 2. The number of aromatic nitrogens is 2. The first-order chi connectivity index (χ1) is 20.9. The Morgan fingerprint density at radius 2 is 1.75 bits per heavy atom. The summed E-state index contributed by atoms with van der Waals surface area (Å²) in [4.78, 5) is 41.9. The lowest BCUT2D eigenvalue weighted by atomic mass is 9.82. The lowest BCUT2D eigenvalue weighted by Gasteiger charge is -2.25. The van der Waals surface area contributed by atoms with Crippen molar-refractivity contribution in [2.45, 2.75) is 64.3 Å². The van der Waals surface area contributed by atoms with Gasteiger partial charge in [0.05, 0.1) is 5.69 Å². The second-order valence-corrected chi connectivity index (χ2v) is 12.1. The first-order valence-corrected chi connectivity index (χ1v) is 14.9. The SMILES string of the molecule is Cc1cc(-c2c(C3CCCCC3)c3ccc(C(=O)NC(C)(C)C(=O)Nc4ccc(/C=C/C(=O)O)cc4)cc3n2C)cnc1N. The first kappa shape index (κ1) is 30.5. The molecule has 0 radical (unpaired) electrons. The number of carbonyl (C=O) groups excluding carboxylic acids is 2. The van der Waals surface area contributed by atoms with Crippen LogP contribution < -0.4 is 16.4 Å². The number of rotatable bonds is 8. The molecule has 0 aliphatic heterocycles. The summed E-state index contributed by atoms with van der Waals surface area (Å²) in [6.45, 7) is 5.27. The van der Waals surface area contributed by atoms with Crippen LogP contribution in [0.1, 0.15) is 78.9 Å². The lowest BCUT2D eigenvalue weighted by Crippen LogP contribution is -2.52. The maximum atomic E-state index is 13.5. The standard InChI is InChI=1S/C35H39N5O4/c1-21-18-25(20-37-32(21)36)31-30(23-8-6-5-7-9-23)27-16-13-24(19-28(27)40(31)4)33(43)39-35(2,3)34(44)38-26-14-10-22(11-15-26)12-17-29(41)42/h10-20,23H,5-9H2,1-4H3,(H2,36,37)(H,38,44)(H,39,43)(H,41,42)/b17-12+. The highest BCUT2D eigenvalue weighted by Crippen LogP contribution is 2.44. The van der Waals surface area contributed by atoms with Gasteiger partial charge in [-0.1, -0.05) is 37.5 Å². The summed E-state index contributed by atoms with van der Waals surface area (Å²) in [5.41, 5.74) is 11.8. The molecule has 228 valence electrons. The average molecular weight is 594 g/mol. The maximum absolute atomic E-state index is 13.5. The number of nitrogen functional groups attached to an aromatic ring is 1. The number of carboxylic acids is 1. The zero-order valence-corrected chi connectivity index (χ0v) is 25.6. The molecular formula is C35H39N5O4. The van der Waals surface area contributed by atoms with Crippen molar-refractivity contribution >= 4 is 46.3 Å². The summed E-state index contributed by atoms with van der Waals surface area (Å²) < 4.78 is 2.15. The van der Waals surface area contributed by atoms with Crippen LogP contribution >= 0.6 is 0 Å². The Bertz CT molecular complexity index is 1760. The average Bonchev–Trinajstić information content (AvgIpc) is 3.29. The third-order valence-electron chi connectivity index (χ3n) is 8.49. The van der Waals surface area contributed by atoms with Crippen molar-refractivity contribution in [1.29, 1.82) is 0 Å². The van der Waals surface area contributed by atoms with Crippen molar-refractivity contribution in [3.05, 3.63) is 83.1 Å². The van der Waals surface area contributed by atoms with E-state index < -0.39 is 11.5 Å². The van der Waals surface area contributed by atoms with Crippen molar-refractivity contribution in [2.75, 3.05) is 11.1 Å². The molecule has 1 fully saturated rings. The van der Waals surface area contributed by atoms with Crippen LogP contribution in [-0.2, 0) is 16.6 Å². The monoisotopic (exact) mass is 593 g/mol. The smallest absolute Gasteiger partial charge is 0.328 e. The molecule has 4 aromatic rings. The summed E-state index contributed by atoms with van der Waals surface area (Å²) in [6.07, 6.45) is 10.2. The van der Waals surface area contributed by atoms with Gasteiger partial charge in [0.25, 0.3) is 5.91 Å². The van der Waals surface area contributed by atoms with E-state index in [2.05, 4.69) is 26.3 Å². The molecule has 0 unspecified atom stereocenters. The summed E-state index contributed by atoms with van der Waals surface area (Å²) in [5, 5.41) is 15.6. The van der Waals surface area contributed by atoms with Gasteiger partial charge in [0, 0.05) is 47.0 Å². The summed E-state index contributed by atoms with van der Waals surface area (Å²) in [6, 6.07) is 14.6. The number of hydrogen-bond donors (Lipinski definition) is 4. The molecule has 1 aliphatic carbocycles. The molecule has 5 rings (SSSR count). The molecule has 0 saturated heterocycles. The van der Waals surface area contributed by atoms with Crippen molar-refractivity contribution in [2.24, 2.45) is 7.05 Å². The molecule has 2 amide bonds. The Kier molecular flexibility index (Phi) is 8.58. The van der Waals surface area contributed by atoms with Crippen molar-refractivity contribution in [1.82, 2.24) is 14.9 Å². The number of pyridine rings is 1. The Morgan fingerprint density at radius 3 is 2.41 bits per heavy atom. The van der Waals surface area contributed by atoms with Crippen LogP contribution in [0.2, 0.25) is 0 Å². The zero-order chi connectivity index (χ0) is 31.6. The number of nitrogens with zero attached hydrogens (tertiary/aromatic N) is 2. The van der Waals surface area contributed by atoms with E-state index in [-0.39, 0.29) is 11.8 Å². The number of amides is 2. The van der Waals surface area contributed by atoms with Crippen LogP contribution in [-0.4, -0.2) is 38.0 Å². The van der Waals surface area contributed by atoms with Gasteiger partial charge >= 0.3 is 5.97 Å². The molecular weight excluding hydrogens is 554 g/mol. The molecule has 0 spiro atoms. The Labute approximate surface area is 257 Å². The molecule has 1 aliphatic rings. The molecule has 2 aromatic heterocycles. The van der Waals surface area contributed by atoms with Gasteiger partial charge in [-0.25, -0.2) is 9.78 Å². The van der Waals surface area contributed by atoms with Gasteiger partial charge in [-0.15, -0.1) is 0 Å². The fraction of sp³-hybridized carbons (Fsp3) is 0.314. The highest BCUT2D eigenvalue weighted by Gasteiger charge is 2.31. The van der Waals surface area contributed by atoms with Crippen LogP contribution in [0.15, 0.2) is 60.8 Å². The summed E-state index contributed by atoms with van der Waals surface area (Å²) in [5.74, 6) is -0.835. The molecule has 2 heterocycles. The fourth-order valence-corrected chi connectivity index (χ4v) is 6.02. The fourth-order valence-electron chi connectivity index (χ4n) is 6.02. The van der Waals surface area contributed by atoms with Gasteiger partial charge < -0.3 is 26.0 Å². The third kappa shape index (κ3) is 6.37. The number of nitrogens with two attached hydrogens (primary N) is 1. The maximum Gasteiger partial charge on any atom is 0.328 e. The van der Waals surface area contributed by atoms with Crippen LogP contribution in [0.25, 0.3) is 28.2 Å². The topological polar surface area (TPSA) is 139 Å². The molecule has 1 saturated carbocycles. The van der Waals surface area contributed by atoms with E-state index >= 15 is 0 Å². The van der Waals surface area contributed by atoms with E-state index in [9.17, 15) is 14.4 Å².